The zero-order valence-electron chi connectivity index (χ0n) is 13.6. The first-order valence-corrected chi connectivity index (χ1v) is 8.37. The van der Waals surface area contributed by atoms with Crippen molar-refractivity contribution < 1.29 is 4.79 Å². The minimum absolute atomic E-state index is 0.0399. The standard InChI is InChI=1S/C19H26N2O/c1-19(2)12-14-8-9-15(20)10-16(14)17(21-19)11-18(22)13-6-4-3-5-7-13/h8-11,13,21H,3-7,12,20H2,1-2H3/b17-11-. The molecule has 0 aromatic heterocycles. The van der Waals surface area contributed by atoms with Crippen LogP contribution in [0.4, 0.5) is 5.69 Å². The summed E-state index contributed by atoms with van der Waals surface area (Å²) in [6.07, 6.45) is 8.48. The van der Waals surface area contributed by atoms with Crippen molar-refractivity contribution in [2.75, 3.05) is 5.73 Å². The van der Waals surface area contributed by atoms with Gasteiger partial charge in [0.05, 0.1) is 0 Å². The molecule has 1 aromatic rings. The maximum absolute atomic E-state index is 12.6. The number of nitrogens with one attached hydrogen (secondary N) is 1. The van der Waals surface area contributed by atoms with Crippen molar-refractivity contribution in [3.63, 3.8) is 0 Å². The third-order valence-electron chi connectivity index (χ3n) is 4.82. The molecule has 0 amide bonds. The minimum Gasteiger partial charge on any atom is -0.399 e. The summed E-state index contributed by atoms with van der Waals surface area (Å²) in [5.74, 6) is 0.478. The van der Waals surface area contributed by atoms with E-state index in [2.05, 4.69) is 25.2 Å². The molecular weight excluding hydrogens is 272 g/mol. The van der Waals surface area contributed by atoms with Crippen molar-refractivity contribution in [1.29, 1.82) is 0 Å². The number of hydrogen-bond acceptors (Lipinski definition) is 3. The molecule has 118 valence electrons. The lowest BCUT2D eigenvalue weighted by molar-refractivity contribution is -0.119. The van der Waals surface area contributed by atoms with Gasteiger partial charge in [-0.1, -0.05) is 25.3 Å². The van der Waals surface area contributed by atoms with E-state index in [1.807, 2.05) is 18.2 Å². The molecule has 1 heterocycles. The van der Waals surface area contributed by atoms with Crippen LogP contribution in [0.25, 0.3) is 5.70 Å². The fraction of sp³-hybridized carbons (Fsp3) is 0.526. The zero-order chi connectivity index (χ0) is 15.7. The van der Waals surface area contributed by atoms with E-state index in [1.54, 1.807) is 0 Å². The molecule has 1 fully saturated rings. The fourth-order valence-corrected chi connectivity index (χ4v) is 3.71. The van der Waals surface area contributed by atoms with E-state index < -0.39 is 0 Å². The molecule has 1 aliphatic carbocycles. The molecule has 1 saturated carbocycles. The minimum atomic E-state index is -0.0399. The lowest BCUT2D eigenvalue weighted by Crippen LogP contribution is -2.44. The highest BCUT2D eigenvalue weighted by Crippen LogP contribution is 2.32. The Balaban J connectivity index is 1.93. The largest absolute Gasteiger partial charge is 0.399 e. The Kier molecular flexibility index (Phi) is 3.98. The average molecular weight is 298 g/mol. The van der Waals surface area contributed by atoms with Gasteiger partial charge in [0.1, 0.15) is 0 Å². The van der Waals surface area contributed by atoms with Gasteiger partial charge >= 0.3 is 0 Å². The van der Waals surface area contributed by atoms with Crippen molar-refractivity contribution in [1.82, 2.24) is 5.32 Å². The van der Waals surface area contributed by atoms with Crippen molar-refractivity contribution >= 4 is 17.2 Å². The van der Waals surface area contributed by atoms with Gasteiger partial charge in [-0.25, -0.2) is 0 Å². The molecule has 3 rings (SSSR count). The van der Waals surface area contributed by atoms with E-state index in [0.717, 1.165) is 36.2 Å². The van der Waals surface area contributed by atoms with Crippen molar-refractivity contribution in [3.8, 4) is 0 Å². The number of fused-ring (bicyclic) bond motifs is 1. The second-order valence-corrected chi connectivity index (χ2v) is 7.40. The predicted molar refractivity (Wildman–Crippen MR) is 91.3 cm³/mol. The third kappa shape index (κ3) is 3.18. The van der Waals surface area contributed by atoms with Gasteiger partial charge in [-0.05, 0) is 50.8 Å². The molecule has 0 saturated heterocycles. The van der Waals surface area contributed by atoms with Crippen LogP contribution >= 0.6 is 0 Å². The summed E-state index contributed by atoms with van der Waals surface area (Å²) >= 11 is 0. The summed E-state index contributed by atoms with van der Waals surface area (Å²) in [4.78, 5) is 12.6. The highest BCUT2D eigenvalue weighted by atomic mass is 16.1. The normalized spacial score (nSPS) is 22.9. The Morgan fingerprint density at radius 3 is 2.73 bits per heavy atom. The molecule has 1 aromatic carbocycles. The number of carbonyl (C=O) groups excluding carboxylic acids is 1. The second kappa shape index (κ2) is 5.79. The fourth-order valence-electron chi connectivity index (χ4n) is 3.71. The van der Waals surface area contributed by atoms with Crippen LogP contribution in [0.2, 0.25) is 0 Å². The molecule has 0 bridgehead atoms. The van der Waals surface area contributed by atoms with Crippen LogP contribution in [0.15, 0.2) is 24.3 Å². The lowest BCUT2D eigenvalue weighted by atomic mass is 9.83. The number of nitrogens with two attached hydrogens (primary N) is 1. The summed E-state index contributed by atoms with van der Waals surface area (Å²) in [5.41, 5.74) is 9.94. The maximum atomic E-state index is 12.6. The van der Waals surface area contributed by atoms with Crippen molar-refractivity contribution in [3.05, 3.63) is 35.4 Å². The van der Waals surface area contributed by atoms with Gasteiger partial charge in [-0.2, -0.15) is 0 Å². The number of rotatable bonds is 2. The Morgan fingerprint density at radius 2 is 2.00 bits per heavy atom. The van der Waals surface area contributed by atoms with Gasteiger partial charge < -0.3 is 11.1 Å². The van der Waals surface area contributed by atoms with Gasteiger partial charge in [0.25, 0.3) is 0 Å². The SMILES string of the molecule is CC1(C)Cc2ccc(N)cc2/C(=C/C(=O)C2CCCCC2)N1. The predicted octanol–water partition coefficient (Wildman–Crippen LogP) is 3.68. The van der Waals surface area contributed by atoms with Crippen LogP contribution in [0.1, 0.15) is 57.1 Å². The smallest absolute Gasteiger partial charge is 0.160 e. The molecule has 3 N–H and O–H groups in total. The number of hydrogen-bond donors (Lipinski definition) is 2. The molecule has 0 radical (unpaired) electrons. The first-order valence-electron chi connectivity index (χ1n) is 8.37. The molecule has 0 unspecified atom stereocenters. The van der Waals surface area contributed by atoms with E-state index in [0.29, 0.717) is 0 Å². The van der Waals surface area contributed by atoms with Gasteiger partial charge in [-0.15, -0.1) is 0 Å². The maximum Gasteiger partial charge on any atom is 0.160 e. The molecule has 22 heavy (non-hydrogen) atoms. The van der Waals surface area contributed by atoms with Crippen LogP contribution in [-0.4, -0.2) is 11.3 Å². The van der Waals surface area contributed by atoms with E-state index in [9.17, 15) is 4.79 Å². The van der Waals surface area contributed by atoms with Gasteiger partial charge in [0, 0.05) is 34.5 Å². The van der Waals surface area contributed by atoms with Crippen LogP contribution in [-0.2, 0) is 11.2 Å². The summed E-state index contributed by atoms with van der Waals surface area (Å²) in [5, 5.41) is 3.53. The summed E-state index contributed by atoms with van der Waals surface area (Å²) < 4.78 is 0. The summed E-state index contributed by atoms with van der Waals surface area (Å²) in [6, 6.07) is 6.02. The zero-order valence-corrected chi connectivity index (χ0v) is 13.6. The summed E-state index contributed by atoms with van der Waals surface area (Å²) in [7, 11) is 0. The summed E-state index contributed by atoms with van der Waals surface area (Å²) in [6.45, 7) is 4.34. The van der Waals surface area contributed by atoms with Gasteiger partial charge in [0.15, 0.2) is 5.78 Å². The molecular formula is C19H26N2O. The molecule has 1 aliphatic heterocycles. The van der Waals surface area contributed by atoms with E-state index >= 15 is 0 Å². The van der Waals surface area contributed by atoms with Crippen molar-refractivity contribution in [2.45, 2.75) is 57.9 Å². The topological polar surface area (TPSA) is 55.1 Å². The van der Waals surface area contributed by atoms with Crippen molar-refractivity contribution in [2.24, 2.45) is 5.92 Å². The first-order chi connectivity index (χ1) is 10.4. The van der Waals surface area contributed by atoms with E-state index in [4.69, 9.17) is 5.73 Å². The monoisotopic (exact) mass is 298 g/mol. The quantitative estimate of drug-likeness (QED) is 0.647. The highest BCUT2D eigenvalue weighted by molar-refractivity contribution is 5.98. The molecule has 2 aliphatic rings. The van der Waals surface area contributed by atoms with Gasteiger partial charge in [-0.3, -0.25) is 4.79 Å². The Morgan fingerprint density at radius 1 is 1.27 bits per heavy atom. The number of carbonyl (C=O) groups is 1. The first kappa shape index (κ1) is 15.1. The second-order valence-electron chi connectivity index (χ2n) is 7.40. The number of allylic oxidation sites excluding steroid dienone is 1. The van der Waals surface area contributed by atoms with Crippen LogP contribution in [0, 0.1) is 5.92 Å². The molecule has 3 nitrogen and oxygen atoms in total. The average Bonchev–Trinajstić information content (AvgIpc) is 2.48. The number of benzene rings is 1. The molecule has 0 spiro atoms. The number of nitrogen functional groups attached to an aromatic ring is 1. The van der Waals surface area contributed by atoms with Crippen LogP contribution < -0.4 is 11.1 Å². The van der Waals surface area contributed by atoms with E-state index in [-0.39, 0.29) is 17.2 Å². The molecule has 3 heteroatoms. The van der Waals surface area contributed by atoms with E-state index in [1.165, 1.54) is 24.8 Å². The number of anilines is 1. The van der Waals surface area contributed by atoms with Crippen LogP contribution in [0.3, 0.4) is 0 Å². The molecule has 0 atom stereocenters. The Bertz CT molecular complexity index is 610. The number of ketones is 1. The Labute approximate surface area is 133 Å². The lowest BCUT2D eigenvalue weighted by Gasteiger charge is -2.36. The van der Waals surface area contributed by atoms with Gasteiger partial charge in [0.2, 0.25) is 0 Å². The van der Waals surface area contributed by atoms with Crippen LogP contribution in [0.5, 0.6) is 0 Å². The Hall–Kier alpha value is -1.77. The third-order valence-corrected chi connectivity index (χ3v) is 4.82. The highest BCUT2D eigenvalue weighted by Gasteiger charge is 2.29.